The normalized spacial score (nSPS) is 15.3. The third-order valence-corrected chi connectivity index (χ3v) is 8.99. The molecule has 2 aromatic heterocycles. The number of amides is 3. The Kier molecular flexibility index (Phi) is 9.68. The molecule has 0 aliphatic carbocycles. The zero-order valence-corrected chi connectivity index (χ0v) is 29.1. The van der Waals surface area contributed by atoms with Gasteiger partial charge in [0.1, 0.15) is 17.1 Å². The number of hydrogen-bond acceptors (Lipinski definition) is 6. The van der Waals surface area contributed by atoms with Crippen molar-refractivity contribution >= 4 is 40.1 Å². The van der Waals surface area contributed by atoms with Crippen molar-refractivity contribution in [3.63, 3.8) is 0 Å². The molecule has 2 aliphatic rings. The van der Waals surface area contributed by atoms with E-state index in [0.717, 1.165) is 0 Å². The Morgan fingerprint density at radius 1 is 0.960 bits per heavy atom. The fraction of sp³-hybridized carbons (Fsp3) is 0.405. The third kappa shape index (κ3) is 7.36. The SMILES string of the molecule is CN(C)C(=O)c1cc2c(-c3ccc(N4CCN(C(=O)OC(C)(C)C)CC4)cc3F)cc(C3=CCCN(C(=O)CCn4cccn4)C3)c(F)c2[nH]1. The van der Waals surface area contributed by atoms with Crippen LogP contribution < -0.4 is 4.90 Å². The van der Waals surface area contributed by atoms with Gasteiger partial charge in [0, 0.05) is 101 Å². The molecule has 2 aliphatic heterocycles. The summed E-state index contributed by atoms with van der Waals surface area (Å²) in [5.41, 5.74) is 1.85. The highest BCUT2D eigenvalue weighted by atomic mass is 19.1. The molecule has 0 atom stereocenters. The Bertz CT molecular complexity index is 1940. The van der Waals surface area contributed by atoms with Gasteiger partial charge in [0.2, 0.25) is 5.91 Å². The van der Waals surface area contributed by atoms with E-state index in [9.17, 15) is 14.4 Å². The predicted molar refractivity (Wildman–Crippen MR) is 188 cm³/mol. The van der Waals surface area contributed by atoms with Gasteiger partial charge in [-0.2, -0.15) is 5.10 Å². The number of anilines is 1. The number of H-pyrrole nitrogens is 1. The van der Waals surface area contributed by atoms with E-state index in [0.29, 0.717) is 67.9 Å². The second kappa shape index (κ2) is 14.0. The number of fused-ring (bicyclic) bond motifs is 1. The Morgan fingerprint density at radius 3 is 2.38 bits per heavy atom. The smallest absolute Gasteiger partial charge is 0.410 e. The molecule has 4 aromatic rings. The molecule has 50 heavy (non-hydrogen) atoms. The molecular weight excluding hydrogens is 644 g/mol. The third-order valence-electron chi connectivity index (χ3n) is 8.99. The van der Waals surface area contributed by atoms with Crippen LogP contribution in [-0.2, 0) is 16.1 Å². The number of piperazine rings is 1. The van der Waals surface area contributed by atoms with Crippen LogP contribution in [0.15, 0.2) is 54.9 Å². The minimum absolute atomic E-state index is 0.0693. The van der Waals surface area contributed by atoms with Gasteiger partial charge < -0.3 is 29.3 Å². The van der Waals surface area contributed by atoms with E-state index in [2.05, 4.69) is 10.1 Å². The zero-order chi connectivity index (χ0) is 35.7. The molecule has 2 aromatic carbocycles. The van der Waals surface area contributed by atoms with E-state index in [1.807, 2.05) is 37.8 Å². The molecule has 264 valence electrons. The molecule has 3 amide bonds. The molecule has 0 unspecified atom stereocenters. The number of aromatic nitrogens is 3. The molecule has 1 saturated heterocycles. The van der Waals surface area contributed by atoms with Gasteiger partial charge in [-0.3, -0.25) is 14.3 Å². The number of aromatic amines is 1. The minimum atomic E-state index is -0.593. The van der Waals surface area contributed by atoms with E-state index < -0.39 is 17.2 Å². The van der Waals surface area contributed by atoms with Crippen molar-refractivity contribution in [1.82, 2.24) is 29.5 Å². The summed E-state index contributed by atoms with van der Waals surface area (Å²) in [6.07, 6.45) is 5.79. The number of rotatable bonds is 7. The largest absolute Gasteiger partial charge is 0.444 e. The van der Waals surface area contributed by atoms with Crippen molar-refractivity contribution in [1.29, 1.82) is 0 Å². The van der Waals surface area contributed by atoms with E-state index >= 15 is 8.78 Å². The molecule has 11 nitrogen and oxygen atoms in total. The lowest BCUT2D eigenvalue weighted by molar-refractivity contribution is -0.131. The molecular formula is C37H43F2N7O4. The van der Waals surface area contributed by atoms with E-state index in [-0.39, 0.29) is 53.2 Å². The molecule has 0 spiro atoms. The summed E-state index contributed by atoms with van der Waals surface area (Å²) in [6.45, 7) is 8.48. The number of carbonyl (C=O) groups excluding carboxylic acids is 3. The van der Waals surface area contributed by atoms with Crippen molar-refractivity contribution in [2.24, 2.45) is 0 Å². The first kappa shape index (κ1) is 34.7. The van der Waals surface area contributed by atoms with Crippen LogP contribution >= 0.6 is 0 Å². The molecule has 6 rings (SSSR count). The van der Waals surface area contributed by atoms with Crippen LogP contribution in [0.2, 0.25) is 0 Å². The van der Waals surface area contributed by atoms with Crippen LogP contribution in [0.3, 0.4) is 0 Å². The fourth-order valence-corrected chi connectivity index (χ4v) is 6.42. The number of nitrogens with one attached hydrogen (secondary N) is 1. The maximum absolute atomic E-state index is 16.4. The summed E-state index contributed by atoms with van der Waals surface area (Å²) < 4.78 is 39.8. The highest BCUT2D eigenvalue weighted by molar-refractivity contribution is 6.04. The number of nitrogens with zero attached hydrogens (tertiary/aromatic N) is 6. The lowest BCUT2D eigenvalue weighted by Crippen LogP contribution is -2.50. The lowest BCUT2D eigenvalue weighted by atomic mass is 9.92. The van der Waals surface area contributed by atoms with E-state index in [4.69, 9.17) is 4.74 Å². The maximum atomic E-state index is 16.4. The average Bonchev–Trinajstić information content (AvgIpc) is 3.78. The van der Waals surface area contributed by atoms with Gasteiger partial charge in [0.15, 0.2) is 5.82 Å². The van der Waals surface area contributed by atoms with Gasteiger partial charge in [-0.15, -0.1) is 0 Å². The van der Waals surface area contributed by atoms with Crippen LogP contribution in [0.5, 0.6) is 0 Å². The van der Waals surface area contributed by atoms with Crippen molar-refractivity contribution in [3.8, 4) is 11.1 Å². The predicted octanol–water partition coefficient (Wildman–Crippen LogP) is 5.77. The second-order valence-electron chi connectivity index (χ2n) is 13.9. The Balaban J connectivity index is 1.30. The van der Waals surface area contributed by atoms with Gasteiger partial charge in [0.25, 0.3) is 5.91 Å². The molecule has 0 saturated carbocycles. The summed E-state index contributed by atoms with van der Waals surface area (Å²) in [5.74, 6) is -1.50. The lowest BCUT2D eigenvalue weighted by Gasteiger charge is -2.36. The Hall–Kier alpha value is -5.20. The first-order valence-electron chi connectivity index (χ1n) is 16.8. The van der Waals surface area contributed by atoms with Gasteiger partial charge >= 0.3 is 6.09 Å². The van der Waals surface area contributed by atoms with Gasteiger partial charge in [-0.05, 0) is 74.7 Å². The molecule has 13 heteroatoms. The van der Waals surface area contributed by atoms with Crippen LogP contribution in [0.4, 0.5) is 19.3 Å². The fourth-order valence-electron chi connectivity index (χ4n) is 6.42. The molecule has 0 bridgehead atoms. The number of benzene rings is 2. The van der Waals surface area contributed by atoms with Crippen LogP contribution in [0, 0.1) is 11.6 Å². The number of carbonyl (C=O) groups is 3. The number of aryl methyl sites for hydroxylation is 1. The van der Waals surface area contributed by atoms with Crippen molar-refractivity contribution in [2.75, 3.05) is 58.3 Å². The topological polar surface area (TPSA) is 107 Å². The van der Waals surface area contributed by atoms with Crippen LogP contribution in [-0.4, -0.2) is 106 Å². The highest BCUT2D eigenvalue weighted by Crippen LogP contribution is 2.39. The molecule has 1 N–H and O–H groups in total. The van der Waals surface area contributed by atoms with Crippen LogP contribution in [0.25, 0.3) is 27.6 Å². The van der Waals surface area contributed by atoms with Crippen LogP contribution in [0.1, 0.15) is 49.7 Å². The van der Waals surface area contributed by atoms with Crippen molar-refractivity contribution < 1.29 is 27.9 Å². The highest BCUT2D eigenvalue weighted by Gasteiger charge is 2.28. The Labute approximate surface area is 290 Å². The zero-order valence-electron chi connectivity index (χ0n) is 29.1. The molecule has 0 radical (unpaired) electrons. The summed E-state index contributed by atoms with van der Waals surface area (Å²) >= 11 is 0. The quantitative estimate of drug-likeness (QED) is 0.264. The van der Waals surface area contributed by atoms with Gasteiger partial charge in [-0.25, -0.2) is 13.6 Å². The molecule has 4 heterocycles. The van der Waals surface area contributed by atoms with Crippen molar-refractivity contribution in [2.45, 2.75) is 45.8 Å². The number of ether oxygens (including phenoxy) is 1. The standard InChI is InChI=1S/C37H43F2N7O4/c1-37(2,3)50-36(49)44-18-16-43(17-19-44)25-9-10-26(30(38)20-25)28-21-27(33(39)34-29(28)22-31(41-34)35(48)42(4)5)24-8-6-13-45(23-24)32(47)11-15-46-14-7-12-40-46/h7-10,12,14,20-22,41H,6,11,13,15-19,23H2,1-5H3. The summed E-state index contributed by atoms with van der Waals surface area (Å²) in [5, 5.41) is 4.53. The summed E-state index contributed by atoms with van der Waals surface area (Å²) in [7, 11) is 3.21. The van der Waals surface area contributed by atoms with E-state index in [1.165, 1.54) is 11.0 Å². The Morgan fingerprint density at radius 2 is 1.72 bits per heavy atom. The van der Waals surface area contributed by atoms with E-state index in [1.54, 1.807) is 65.2 Å². The number of hydrogen-bond donors (Lipinski definition) is 1. The number of halogens is 2. The summed E-state index contributed by atoms with van der Waals surface area (Å²) in [6, 6.07) is 9.91. The summed E-state index contributed by atoms with van der Waals surface area (Å²) in [4.78, 5) is 48.3. The first-order chi connectivity index (χ1) is 23.8. The minimum Gasteiger partial charge on any atom is -0.444 e. The van der Waals surface area contributed by atoms with Crippen molar-refractivity contribution in [3.05, 3.63) is 77.8 Å². The van der Waals surface area contributed by atoms with Gasteiger partial charge in [-0.1, -0.05) is 6.08 Å². The monoisotopic (exact) mass is 687 g/mol. The maximum Gasteiger partial charge on any atom is 0.410 e. The average molecular weight is 688 g/mol. The first-order valence-corrected chi connectivity index (χ1v) is 16.8. The second-order valence-corrected chi connectivity index (χ2v) is 13.9. The van der Waals surface area contributed by atoms with Gasteiger partial charge in [0.05, 0.1) is 5.52 Å². The molecule has 1 fully saturated rings.